The van der Waals surface area contributed by atoms with Crippen molar-refractivity contribution in [2.45, 2.75) is 38.3 Å². The maximum absolute atomic E-state index is 12.6. The molecule has 0 spiro atoms. The van der Waals surface area contributed by atoms with Crippen molar-refractivity contribution in [1.82, 2.24) is 5.32 Å². The van der Waals surface area contributed by atoms with Gasteiger partial charge in [-0.25, -0.2) is 0 Å². The van der Waals surface area contributed by atoms with E-state index in [1.165, 1.54) is 0 Å². The molecule has 4 rings (SSSR count). The molecule has 2 aromatic rings. The summed E-state index contributed by atoms with van der Waals surface area (Å²) in [5.74, 6) is -0.0500. The van der Waals surface area contributed by atoms with Crippen molar-refractivity contribution in [2.24, 2.45) is 5.16 Å². The Morgan fingerprint density at radius 1 is 1.18 bits per heavy atom. The lowest BCUT2D eigenvalue weighted by atomic mass is 10.0. The van der Waals surface area contributed by atoms with Crippen LogP contribution in [0.3, 0.4) is 0 Å². The van der Waals surface area contributed by atoms with Gasteiger partial charge in [-0.1, -0.05) is 47.6 Å². The van der Waals surface area contributed by atoms with Gasteiger partial charge in [-0.2, -0.15) is 0 Å². The number of oxime groups is 1. The van der Waals surface area contributed by atoms with E-state index in [1.54, 1.807) is 4.90 Å². The lowest BCUT2D eigenvalue weighted by Gasteiger charge is -2.18. The highest BCUT2D eigenvalue weighted by molar-refractivity contribution is 6.39. The fraction of sp³-hybridized carbons (Fsp3) is 0.318. The summed E-state index contributed by atoms with van der Waals surface area (Å²) < 4.78 is 0. The van der Waals surface area contributed by atoms with Gasteiger partial charge < -0.3 is 15.1 Å². The summed E-state index contributed by atoms with van der Waals surface area (Å²) in [5.41, 5.74) is 3.29. The van der Waals surface area contributed by atoms with Crippen LogP contribution in [0.25, 0.3) is 0 Å². The molecule has 28 heavy (non-hydrogen) atoms. The van der Waals surface area contributed by atoms with E-state index in [-0.39, 0.29) is 24.0 Å². The zero-order valence-corrected chi connectivity index (χ0v) is 15.8. The van der Waals surface area contributed by atoms with Crippen LogP contribution in [-0.2, 0) is 14.4 Å². The molecule has 0 bridgehead atoms. The molecule has 0 aromatic heterocycles. The van der Waals surface area contributed by atoms with E-state index in [1.807, 2.05) is 61.5 Å². The fourth-order valence-electron chi connectivity index (χ4n) is 3.59. The first kappa shape index (κ1) is 18.2. The van der Waals surface area contributed by atoms with E-state index in [0.717, 1.165) is 29.8 Å². The third-order valence-electron chi connectivity index (χ3n) is 5.23. The van der Waals surface area contributed by atoms with E-state index < -0.39 is 0 Å². The molecule has 2 aromatic carbocycles. The summed E-state index contributed by atoms with van der Waals surface area (Å²) in [7, 11) is 0. The molecule has 1 saturated heterocycles. The van der Waals surface area contributed by atoms with Crippen molar-refractivity contribution in [1.29, 1.82) is 0 Å². The molecule has 2 heterocycles. The molecule has 0 aliphatic carbocycles. The van der Waals surface area contributed by atoms with E-state index in [0.29, 0.717) is 18.6 Å². The smallest absolute Gasteiger partial charge is 0.269 e. The molecule has 0 saturated carbocycles. The van der Waals surface area contributed by atoms with Crippen LogP contribution in [0.4, 0.5) is 5.69 Å². The quantitative estimate of drug-likeness (QED) is 0.867. The number of carbonyl (C=O) groups excluding carboxylic acids is 2. The number of carbonyl (C=O) groups is 2. The van der Waals surface area contributed by atoms with Crippen molar-refractivity contribution in [3.05, 3.63) is 65.7 Å². The fourth-order valence-corrected chi connectivity index (χ4v) is 3.59. The lowest BCUT2D eigenvalue weighted by molar-refractivity contribution is -0.117. The third-order valence-corrected chi connectivity index (χ3v) is 5.23. The topological polar surface area (TPSA) is 71.0 Å². The maximum atomic E-state index is 12.6. The number of rotatable bonds is 5. The Morgan fingerprint density at radius 2 is 1.93 bits per heavy atom. The van der Waals surface area contributed by atoms with Crippen molar-refractivity contribution in [3.8, 4) is 0 Å². The molecule has 6 nitrogen and oxygen atoms in total. The van der Waals surface area contributed by atoms with Gasteiger partial charge in [-0.3, -0.25) is 9.59 Å². The molecule has 2 atom stereocenters. The summed E-state index contributed by atoms with van der Waals surface area (Å²) in [5, 5.41) is 6.95. The molecule has 2 aliphatic rings. The van der Waals surface area contributed by atoms with Gasteiger partial charge in [0.2, 0.25) is 5.91 Å². The predicted molar refractivity (Wildman–Crippen MR) is 107 cm³/mol. The van der Waals surface area contributed by atoms with Gasteiger partial charge in [-0.15, -0.1) is 0 Å². The Kier molecular flexibility index (Phi) is 5.10. The highest BCUT2D eigenvalue weighted by atomic mass is 16.6. The SMILES string of the molecule is CC(NC(=O)C1=NOC(c2ccccc2)C1)c1ccc(N2CCCC2=O)cc1. The molecule has 0 radical (unpaired) electrons. The maximum Gasteiger partial charge on any atom is 0.269 e. The zero-order valence-electron chi connectivity index (χ0n) is 15.8. The number of anilines is 1. The van der Waals surface area contributed by atoms with Crippen LogP contribution in [0.5, 0.6) is 0 Å². The number of amides is 2. The molecule has 1 fully saturated rings. The van der Waals surface area contributed by atoms with Crippen molar-refractivity contribution >= 4 is 23.2 Å². The van der Waals surface area contributed by atoms with Gasteiger partial charge in [0, 0.05) is 25.1 Å². The molecular weight excluding hydrogens is 354 g/mol. The summed E-state index contributed by atoms with van der Waals surface area (Å²) in [6.45, 7) is 2.70. The van der Waals surface area contributed by atoms with E-state index in [9.17, 15) is 9.59 Å². The first-order valence-corrected chi connectivity index (χ1v) is 9.60. The normalized spacial score (nSPS) is 19.9. The van der Waals surface area contributed by atoms with E-state index in [2.05, 4.69) is 10.5 Å². The zero-order chi connectivity index (χ0) is 19.5. The largest absolute Gasteiger partial charge is 0.387 e. The van der Waals surface area contributed by atoms with Gasteiger partial charge in [0.25, 0.3) is 5.91 Å². The lowest BCUT2D eigenvalue weighted by Crippen LogP contribution is -2.32. The highest BCUT2D eigenvalue weighted by Crippen LogP contribution is 2.27. The molecule has 2 amide bonds. The Bertz CT molecular complexity index is 893. The molecular formula is C22H23N3O3. The van der Waals surface area contributed by atoms with Crippen LogP contribution in [0.2, 0.25) is 0 Å². The Labute approximate surface area is 164 Å². The number of nitrogens with zero attached hydrogens (tertiary/aromatic N) is 2. The standard InChI is InChI=1S/C22H23N3O3/c1-15(16-9-11-18(12-10-16)25-13-5-8-21(25)26)23-22(27)19-14-20(28-24-19)17-6-3-2-4-7-17/h2-4,6-7,9-12,15,20H,5,8,13-14H2,1H3,(H,23,27). The van der Waals surface area contributed by atoms with Crippen LogP contribution >= 0.6 is 0 Å². The molecule has 2 aliphatic heterocycles. The minimum Gasteiger partial charge on any atom is -0.387 e. The predicted octanol–water partition coefficient (Wildman–Crippen LogP) is 3.51. The first-order valence-electron chi connectivity index (χ1n) is 9.60. The number of nitrogens with one attached hydrogen (secondary N) is 1. The third kappa shape index (κ3) is 3.76. The Hall–Kier alpha value is -3.15. The molecule has 144 valence electrons. The Balaban J connectivity index is 1.35. The second-order valence-electron chi connectivity index (χ2n) is 7.18. The van der Waals surface area contributed by atoms with Crippen LogP contribution in [0.15, 0.2) is 59.8 Å². The van der Waals surface area contributed by atoms with Crippen molar-refractivity contribution in [2.75, 3.05) is 11.4 Å². The number of benzene rings is 2. The van der Waals surface area contributed by atoms with Crippen LogP contribution in [0, 0.1) is 0 Å². The van der Waals surface area contributed by atoms with Crippen molar-refractivity contribution in [3.63, 3.8) is 0 Å². The summed E-state index contributed by atoms with van der Waals surface area (Å²) >= 11 is 0. The van der Waals surface area contributed by atoms with Crippen molar-refractivity contribution < 1.29 is 14.4 Å². The van der Waals surface area contributed by atoms with Gasteiger partial charge in [0.15, 0.2) is 6.10 Å². The second-order valence-corrected chi connectivity index (χ2v) is 7.18. The van der Waals surface area contributed by atoms with E-state index in [4.69, 9.17) is 4.84 Å². The minimum atomic E-state index is -0.218. The number of hydrogen-bond acceptors (Lipinski definition) is 4. The van der Waals surface area contributed by atoms with E-state index >= 15 is 0 Å². The summed E-state index contributed by atoms with van der Waals surface area (Å²) in [6, 6.07) is 17.4. The van der Waals surface area contributed by atoms with Gasteiger partial charge >= 0.3 is 0 Å². The van der Waals surface area contributed by atoms with Crippen LogP contribution in [0.1, 0.15) is 49.5 Å². The average Bonchev–Trinajstić information content (AvgIpc) is 3.38. The first-order chi connectivity index (χ1) is 13.6. The second kappa shape index (κ2) is 7.84. The molecule has 6 heteroatoms. The average molecular weight is 377 g/mol. The van der Waals surface area contributed by atoms with Crippen LogP contribution < -0.4 is 10.2 Å². The van der Waals surface area contributed by atoms with Crippen LogP contribution in [-0.4, -0.2) is 24.1 Å². The number of hydrogen-bond donors (Lipinski definition) is 1. The Morgan fingerprint density at radius 3 is 2.61 bits per heavy atom. The van der Waals surface area contributed by atoms with Gasteiger partial charge in [0.05, 0.1) is 6.04 Å². The molecule has 2 unspecified atom stereocenters. The highest BCUT2D eigenvalue weighted by Gasteiger charge is 2.28. The van der Waals surface area contributed by atoms with Gasteiger partial charge in [-0.05, 0) is 36.6 Å². The summed E-state index contributed by atoms with van der Waals surface area (Å²) in [6.07, 6.45) is 1.76. The minimum absolute atomic E-state index is 0.168. The molecule has 1 N–H and O–H groups in total. The van der Waals surface area contributed by atoms with Gasteiger partial charge in [0.1, 0.15) is 5.71 Å². The monoisotopic (exact) mass is 377 g/mol. The summed E-state index contributed by atoms with van der Waals surface area (Å²) in [4.78, 5) is 31.6.